The summed E-state index contributed by atoms with van der Waals surface area (Å²) in [5.74, 6) is 0. The van der Waals surface area contributed by atoms with Crippen LogP contribution in [0.2, 0.25) is 0 Å². The largest absolute Gasteiger partial charge is 0.401 e. The van der Waals surface area contributed by atoms with Gasteiger partial charge < -0.3 is 5.73 Å². The highest BCUT2D eigenvalue weighted by molar-refractivity contribution is 4.74. The van der Waals surface area contributed by atoms with Crippen LogP contribution < -0.4 is 5.73 Å². The zero-order chi connectivity index (χ0) is 10.6. The second kappa shape index (κ2) is 4.81. The summed E-state index contributed by atoms with van der Waals surface area (Å²) in [6.45, 7) is 4.53. The molecule has 0 radical (unpaired) electrons. The number of hydrogen-bond donors (Lipinski definition) is 1. The van der Waals surface area contributed by atoms with E-state index in [9.17, 15) is 13.2 Å². The summed E-state index contributed by atoms with van der Waals surface area (Å²) < 4.78 is 36.2. The maximum Gasteiger partial charge on any atom is 0.401 e. The molecule has 1 atom stereocenters. The van der Waals surface area contributed by atoms with Crippen molar-refractivity contribution in [2.75, 3.05) is 13.1 Å². The molecule has 0 aromatic carbocycles. The number of nitrogens with zero attached hydrogens (tertiary/aromatic N) is 1. The van der Waals surface area contributed by atoms with Gasteiger partial charge in [0, 0.05) is 18.6 Å². The van der Waals surface area contributed by atoms with Gasteiger partial charge >= 0.3 is 6.18 Å². The van der Waals surface area contributed by atoms with Crippen LogP contribution in [-0.2, 0) is 0 Å². The lowest BCUT2D eigenvalue weighted by molar-refractivity contribution is -0.153. The van der Waals surface area contributed by atoms with Gasteiger partial charge in [0.2, 0.25) is 0 Å². The van der Waals surface area contributed by atoms with E-state index in [2.05, 4.69) is 0 Å². The van der Waals surface area contributed by atoms with Crippen LogP contribution in [0.5, 0.6) is 0 Å². The van der Waals surface area contributed by atoms with Crippen molar-refractivity contribution in [3.8, 4) is 0 Å². The Morgan fingerprint density at radius 3 is 1.92 bits per heavy atom. The summed E-state index contributed by atoms with van der Waals surface area (Å²) >= 11 is 0. The van der Waals surface area contributed by atoms with E-state index < -0.39 is 12.7 Å². The molecule has 2 N–H and O–H groups in total. The van der Waals surface area contributed by atoms with Crippen molar-refractivity contribution < 1.29 is 13.2 Å². The minimum atomic E-state index is -4.15. The third-order valence-corrected chi connectivity index (χ3v) is 1.93. The first-order chi connectivity index (χ1) is 5.78. The Hall–Kier alpha value is -0.290. The predicted octanol–water partition coefficient (Wildman–Crippen LogP) is 1.61. The lowest BCUT2D eigenvalue weighted by Gasteiger charge is -2.32. The SMILES string of the molecule is CC(C)N(CC(F)(F)F)C(C)CN. The topological polar surface area (TPSA) is 29.3 Å². The number of halogens is 3. The van der Waals surface area contributed by atoms with Crippen LogP contribution >= 0.6 is 0 Å². The third kappa shape index (κ3) is 5.10. The second-order valence-corrected chi connectivity index (χ2v) is 3.47. The van der Waals surface area contributed by atoms with Crippen LogP contribution in [0.15, 0.2) is 0 Å². The Labute approximate surface area is 76.9 Å². The van der Waals surface area contributed by atoms with Crippen molar-refractivity contribution in [2.45, 2.75) is 39.0 Å². The van der Waals surface area contributed by atoms with Crippen molar-refractivity contribution in [3.05, 3.63) is 0 Å². The molecule has 13 heavy (non-hydrogen) atoms. The van der Waals surface area contributed by atoms with E-state index in [1.807, 2.05) is 0 Å². The van der Waals surface area contributed by atoms with E-state index in [0.717, 1.165) is 0 Å². The lowest BCUT2D eigenvalue weighted by atomic mass is 10.2. The number of rotatable bonds is 4. The van der Waals surface area contributed by atoms with Gasteiger partial charge in [-0.15, -0.1) is 0 Å². The molecule has 0 amide bonds. The van der Waals surface area contributed by atoms with Crippen molar-refractivity contribution in [2.24, 2.45) is 5.73 Å². The molecule has 0 aromatic heterocycles. The fourth-order valence-corrected chi connectivity index (χ4v) is 1.19. The number of hydrogen-bond acceptors (Lipinski definition) is 2. The van der Waals surface area contributed by atoms with Crippen molar-refractivity contribution in [1.82, 2.24) is 4.90 Å². The van der Waals surface area contributed by atoms with Crippen LogP contribution in [0.25, 0.3) is 0 Å². The zero-order valence-electron chi connectivity index (χ0n) is 8.23. The first-order valence-electron chi connectivity index (χ1n) is 4.30. The molecule has 0 bridgehead atoms. The van der Waals surface area contributed by atoms with Gasteiger partial charge in [-0.1, -0.05) is 0 Å². The highest BCUT2D eigenvalue weighted by Crippen LogP contribution is 2.19. The van der Waals surface area contributed by atoms with Gasteiger partial charge in [-0.2, -0.15) is 13.2 Å². The van der Waals surface area contributed by atoms with Crippen molar-refractivity contribution in [1.29, 1.82) is 0 Å². The van der Waals surface area contributed by atoms with Gasteiger partial charge in [-0.05, 0) is 20.8 Å². The minimum absolute atomic E-state index is 0.139. The smallest absolute Gasteiger partial charge is 0.329 e. The molecule has 0 fully saturated rings. The third-order valence-electron chi connectivity index (χ3n) is 1.93. The molecule has 0 heterocycles. The standard InChI is InChI=1S/C8H17F3N2/c1-6(2)13(7(3)4-12)5-8(9,10)11/h6-7H,4-5,12H2,1-3H3. The fraction of sp³-hybridized carbons (Fsp3) is 1.00. The number of alkyl halides is 3. The normalized spacial score (nSPS) is 15.5. The van der Waals surface area contributed by atoms with E-state index in [1.54, 1.807) is 20.8 Å². The average molecular weight is 198 g/mol. The first-order valence-corrected chi connectivity index (χ1v) is 4.30. The molecule has 2 nitrogen and oxygen atoms in total. The monoisotopic (exact) mass is 198 g/mol. The quantitative estimate of drug-likeness (QED) is 0.743. The molecule has 0 spiro atoms. The molecule has 80 valence electrons. The molecule has 0 saturated carbocycles. The highest BCUT2D eigenvalue weighted by atomic mass is 19.4. The molecule has 5 heteroatoms. The van der Waals surface area contributed by atoms with E-state index in [0.29, 0.717) is 0 Å². The van der Waals surface area contributed by atoms with E-state index >= 15 is 0 Å². The summed E-state index contributed by atoms with van der Waals surface area (Å²) in [7, 11) is 0. The molecule has 0 aliphatic rings. The van der Waals surface area contributed by atoms with Gasteiger partial charge in [0.25, 0.3) is 0 Å². The molecular weight excluding hydrogens is 181 g/mol. The fourth-order valence-electron chi connectivity index (χ4n) is 1.19. The van der Waals surface area contributed by atoms with Crippen molar-refractivity contribution >= 4 is 0 Å². The molecule has 0 rings (SSSR count). The van der Waals surface area contributed by atoms with Gasteiger partial charge in [0.15, 0.2) is 0 Å². The van der Waals surface area contributed by atoms with Gasteiger partial charge in [-0.3, -0.25) is 4.90 Å². The summed E-state index contributed by atoms with van der Waals surface area (Å²) in [6, 6.07) is -0.373. The van der Waals surface area contributed by atoms with Crippen LogP contribution in [0.3, 0.4) is 0 Å². The van der Waals surface area contributed by atoms with Gasteiger partial charge in [-0.25, -0.2) is 0 Å². The minimum Gasteiger partial charge on any atom is -0.329 e. The molecule has 0 aliphatic heterocycles. The number of nitrogens with two attached hydrogens (primary N) is 1. The van der Waals surface area contributed by atoms with Crippen LogP contribution in [0.4, 0.5) is 13.2 Å². The Kier molecular flexibility index (Phi) is 4.70. The van der Waals surface area contributed by atoms with E-state index in [-0.39, 0.29) is 18.6 Å². The Morgan fingerprint density at radius 2 is 1.69 bits per heavy atom. The average Bonchev–Trinajstić information content (AvgIpc) is 1.96. The Bertz CT molecular complexity index is 145. The van der Waals surface area contributed by atoms with Crippen molar-refractivity contribution in [3.63, 3.8) is 0 Å². The predicted molar refractivity (Wildman–Crippen MR) is 46.4 cm³/mol. The van der Waals surface area contributed by atoms with E-state index in [1.165, 1.54) is 4.90 Å². The molecular formula is C8H17F3N2. The van der Waals surface area contributed by atoms with Gasteiger partial charge in [0.1, 0.15) is 0 Å². The van der Waals surface area contributed by atoms with Crippen LogP contribution in [-0.4, -0.2) is 36.2 Å². The van der Waals surface area contributed by atoms with Crippen LogP contribution in [0.1, 0.15) is 20.8 Å². The summed E-state index contributed by atoms with van der Waals surface area (Å²) in [5.41, 5.74) is 5.32. The second-order valence-electron chi connectivity index (χ2n) is 3.47. The molecule has 1 unspecified atom stereocenters. The maximum atomic E-state index is 12.1. The summed E-state index contributed by atoms with van der Waals surface area (Å²) in [5, 5.41) is 0. The van der Waals surface area contributed by atoms with Gasteiger partial charge in [0.05, 0.1) is 6.54 Å². The lowest BCUT2D eigenvalue weighted by Crippen LogP contribution is -2.47. The maximum absolute atomic E-state index is 12.1. The Balaban J connectivity index is 4.27. The van der Waals surface area contributed by atoms with E-state index in [4.69, 9.17) is 5.73 Å². The molecule has 0 aromatic rings. The molecule has 0 aliphatic carbocycles. The zero-order valence-corrected chi connectivity index (χ0v) is 8.23. The van der Waals surface area contributed by atoms with Crippen LogP contribution in [0, 0.1) is 0 Å². The highest BCUT2D eigenvalue weighted by Gasteiger charge is 2.33. The summed E-state index contributed by atoms with van der Waals surface area (Å²) in [6.07, 6.45) is -4.15. The molecule has 0 saturated heterocycles. The Morgan fingerprint density at radius 1 is 1.23 bits per heavy atom. The summed E-state index contributed by atoms with van der Waals surface area (Å²) in [4.78, 5) is 1.35. The first kappa shape index (κ1) is 12.7.